The van der Waals surface area contributed by atoms with Gasteiger partial charge in [0.05, 0.1) is 12.1 Å². The second kappa shape index (κ2) is 5.10. The lowest BCUT2D eigenvalue weighted by molar-refractivity contribution is 0.121. The maximum atomic E-state index is 5.92. The van der Waals surface area contributed by atoms with Crippen molar-refractivity contribution in [2.24, 2.45) is 0 Å². The van der Waals surface area contributed by atoms with Gasteiger partial charge in [-0.25, -0.2) is 4.98 Å². The maximum absolute atomic E-state index is 5.92. The summed E-state index contributed by atoms with van der Waals surface area (Å²) in [5.41, 5.74) is 0. The van der Waals surface area contributed by atoms with Crippen molar-refractivity contribution in [1.29, 1.82) is 0 Å². The van der Waals surface area contributed by atoms with Crippen LogP contribution in [-0.4, -0.2) is 43.3 Å². The van der Waals surface area contributed by atoms with Crippen molar-refractivity contribution in [2.45, 2.75) is 25.5 Å². The van der Waals surface area contributed by atoms with E-state index in [4.69, 9.17) is 16.3 Å². The number of aromatic nitrogens is 5. The number of imidazole rings is 1. The van der Waals surface area contributed by atoms with Crippen molar-refractivity contribution in [3.8, 4) is 5.95 Å². The Balaban J connectivity index is 1.85. The van der Waals surface area contributed by atoms with Crippen molar-refractivity contribution in [3.05, 3.63) is 24.0 Å². The SMILES string of the molecule is CC1OCCC1Nc1nc(Cl)nc(-n2ccnc2)n1. The third-order valence-electron chi connectivity index (χ3n) is 3.02. The van der Waals surface area contributed by atoms with E-state index in [0.717, 1.165) is 13.0 Å². The molecular weight excluding hydrogens is 268 g/mol. The number of halogens is 1. The third-order valence-corrected chi connectivity index (χ3v) is 3.19. The van der Waals surface area contributed by atoms with Gasteiger partial charge < -0.3 is 10.1 Å². The summed E-state index contributed by atoms with van der Waals surface area (Å²) in [6, 6.07) is 0.189. The van der Waals surface area contributed by atoms with E-state index in [0.29, 0.717) is 11.9 Å². The molecule has 2 atom stereocenters. The van der Waals surface area contributed by atoms with E-state index in [9.17, 15) is 0 Å². The normalized spacial score (nSPS) is 22.6. The summed E-state index contributed by atoms with van der Waals surface area (Å²) in [5, 5.41) is 3.37. The number of hydrogen-bond acceptors (Lipinski definition) is 6. The average molecular weight is 281 g/mol. The van der Waals surface area contributed by atoms with Crippen molar-refractivity contribution < 1.29 is 4.74 Å². The minimum Gasteiger partial charge on any atom is -0.376 e. The number of nitrogens with one attached hydrogen (secondary N) is 1. The molecule has 100 valence electrons. The van der Waals surface area contributed by atoms with Crippen LogP contribution in [0.25, 0.3) is 5.95 Å². The van der Waals surface area contributed by atoms with Gasteiger partial charge in [0, 0.05) is 19.0 Å². The van der Waals surface area contributed by atoms with Gasteiger partial charge in [0.25, 0.3) is 0 Å². The topological polar surface area (TPSA) is 77.8 Å². The van der Waals surface area contributed by atoms with Gasteiger partial charge in [-0.1, -0.05) is 0 Å². The number of anilines is 1. The maximum Gasteiger partial charge on any atom is 0.241 e. The highest BCUT2D eigenvalue weighted by Crippen LogP contribution is 2.18. The molecule has 0 bridgehead atoms. The lowest BCUT2D eigenvalue weighted by Crippen LogP contribution is -2.28. The zero-order valence-corrected chi connectivity index (χ0v) is 11.1. The van der Waals surface area contributed by atoms with E-state index in [1.165, 1.54) is 0 Å². The van der Waals surface area contributed by atoms with Crippen LogP contribution < -0.4 is 5.32 Å². The molecule has 2 aromatic rings. The molecule has 2 aromatic heterocycles. The minimum atomic E-state index is 0.132. The second-order valence-electron chi connectivity index (χ2n) is 4.31. The summed E-state index contributed by atoms with van der Waals surface area (Å²) in [4.78, 5) is 16.4. The Bertz CT molecular complexity index is 560. The van der Waals surface area contributed by atoms with E-state index in [-0.39, 0.29) is 17.4 Å². The molecular formula is C11H13ClN6O. The smallest absolute Gasteiger partial charge is 0.241 e. The zero-order chi connectivity index (χ0) is 13.2. The second-order valence-corrected chi connectivity index (χ2v) is 4.65. The van der Waals surface area contributed by atoms with Crippen molar-refractivity contribution >= 4 is 17.5 Å². The molecule has 1 saturated heterocycles. The monoisotopic (exact) mass is 280 g/mol. The van der Waals surface area contributed by atoms with Crippen LogP contribution in [0.4, 0.5) is 5.95 Å². The van der Waals surface area contributed by atoms with Crippen molar-refractivity contribution in [2.75, 3.05) is 11.9 Å². The molecule has 1 aliphatic heterocycles. The number of hydrogen-bond donors (Lipinski definition) is 1. The van der Waals surface area contributed by atoms with Crippen LogP contribution >= 0.6 is 11.6 Å². The predicted molar refractivity (Wildman–Crippen MR) is 69.4 cm³/mol. The molecule has 3 rings (SSSR count). The first-order valence-corrected chi connectivity index (χ1v) is 6.38. The summed E-state index contributed by atoms with van der Waals surface area (Å²) >= 11 is 5.92. The molecule has 0 aliphatic carbocycles. The highest BCUT2D eigenvalue weighted by atomic mass is 35.5. The molecule has 1 fully saturated rings. The quantitative estimate of drug-likeness (QED) is 0.913. The Labute approximate surface area is 115 Å². The first kappa shape index (κ1) is 12.3. The molecule has 2 unspecified atom stereocenters. The Morgan fingerprint density at radius 1 is 1.42 bits per heavy atom. The van der Waals surface area contributed by atoms with E-state index in [1.54, 1.807) is 23.3 Å². The van der Waals surface area contributed by atoms with Crippen LogP contribution in [0.2, 0.25) is 5.28 Å². The Hall–Kier alpha value is -1.73. The summed E-state index contributed by atoms with van der Waals surface area (Å²) in [6.07, 6.45) is 6.06. The highest BCUT2D eigenvalue weighted by Gasteiger charge is 2.25. The summed E-state index contributed by atoms with van der Waals surface area (Å²) in [5.74, 6) is 0.887. The van der Waals surface area contributed by atoms with Crippen molar-refractivity contribution in [1.82, 2.24) is 24.5 Å². The Morgan fingerprint density at radius 2 is 2.32 bits per heavy atom. The van der Waals surface area contributed by atoms with Gasteiger partial charge in [-0.05, 0) is 24.9 Å². The van der Waals surface area contributed by atoms with Crippen LogP contribution in [0.15, 0.2) is 18.7 Å². The molecule has 19 heavy (non-hydrogen) atoms. The summed E-state index contributed by atoms with van der Waals surface area (Å²) in [7, 11) is 0. The molecule has 8 heteroatoms. The van der Waals surface area contributed by atoms with Crippen LogP contribution in [0.5, 0.6) is 0 Å². The number of ether oxygens (including phenoxy) is 1. The molecule has 1 N–H and O–H groups in total. The van der Waals surface area contributed by atoms with E-state index in [1.807, 2.05) is 6.92 Å². The van der Waals surface area contributed by atoms with Gasteiger partial charge in [0.2, 0.25) is 17.2 Å². The van der Waals surface area contributed by atoms with Gasteiger partial charge in [-0.2, -0.15) is 15.0 Å². The fourth-order valence-corrected chi connectivity index (χ4v) is 2.14. The van der Waals surface area contributed by atoms with Crippen LogP contribution in [0, 0.1) is 0 Å². The molecule has 0 saturated carbocycles. The van der Waals surface area contributed by atoms with Gasteiger partial charge in [0.1, 0.15) is 6.33 Å². The van der Waals surface area contributed by atoms with Crippen molar-refractivity contribution in [3.63, 3.8) is 0 Å². The third kappa shape index (κ3) is 2.66. The van der Waals surface area contributed by atoms with Gasteiger partial charge in [-0.15, -0.1) is 0 Å². The Kier molecular flexibility index (Phi) is 3.31. The lowest BCUT2D eigenvalue weighted by Gasteiger charge is -2.16. The first-order valence-electron chi connectivity index (χ1n) is 6.00. The fourth-order valence-electron chi connectivity index (χ4n) is 1.98. The molecule has 0 aromatic carbocycles. The fraction of sp³-hybridized carbons (Fsp3) is 0.455. The van der Waals surface area contributed by atoms with Crippen LogP contribution in [0.3, 0.4) is 0 Å². The molecule has 0 radical (unpaired) electrons. The van der Waals surface area contributed by atoms with Crippen LogP contribution in [-0.2, 0) is 4.74 Å². The number of nitrogens with zero attached hydrogens (tertiary/aromatic N) is 5. The van der Waals surface area contributed by atoms with Gasteiger partial charge >= 0.3 is 0 Å². The van der Waals surface area contributed by atoms with Crippen LogP contribution in [0.1, 0.15) is 13.3 Å². The lowest BCUT2D eigenvalue weighted by atomic mass is 10.2. The molecule has 0 spiro atoms. The highest BCUT2D eigenvalue weighted by molar-refractivity contribution is 6.28. The van der Waals surface area contributed by atoms with Gasteiger partial charge in [0.15, 0.2) is 0 Å². The first-order chi connectivity index (χ1) is 9.22. The molecule has 0 amide bonds. The number of rotatable bonds is 3. The van der Waals surface area contributed by atoms with E-state index >= 15 is 0 Å². The van der Waals surface area contributed by atoms with E-state index in [2.05, 4.69) is 25.3 Å². The molecule has 7 nitrogen and oxygen atoms in total. The van der Waals surface area contributed by atoms with Gasteiger partial charge in [-0.3, -0.25) is 4.57 Å². The summed E-state index contributed by atoms with van der Waals surface area (Å²) < 4.78 is 7.16. The Morgan fingerprint density at radius 3 is 3.00 bits per heavy atom. The minimum absolute atomic E-state index is 0.132. The standard InChI is InChI=1S/C11H13ClN6O/c1-7-8(2-5-19-7)14-10-15-9(12)16-11(17-10)18-4-3-13-6-18/h3-4,6-8H,2,5H2,1H3,(H,14,15,16,17). The molecule has 1 aliphatic rings. The summed E-state index contributed by atoms with van der Waals surface area (Å²) in [6.45, 7) is 2.76. The largest absolute Gasteiger partial charge is 0.376 e. The predicted octanol–water partition coefficient (Wildman–Crippen LogP) is 1.30. The average Bonchev–Trinajstić information content (AvgIpc) is 3.01. The van der Waals surface area contributed by atoms with E-state index < -0.39 is 0 Å². The molecule has 3 heterocycles. The zero-order valence-electron chi connectivity index (χ0n) is 10.3.